The first-order valence-corrected chi connectivity index (χ1v) is 5.72. The topological polar surface area (TPSA) is 70.3 Å². The standard InChI is InChI=1S/C13H11F2NO3/c14-11-8(7-16)1-2-9(10(11)12(17)18)13(15)3-5-19-6-4-13/h1-2H,3-6H2,(H,17,18). The van der Waals surface area contributed by atoms with Gasteiger partial charge in [-0.3, -0.25) is 0 Å². The van der Waals surface area contributed by atoms with E-state index in [0.717, 1.165) is 6.07 Å². The summed E-state index contributed by atoms with van der Waals surface area (Å²) in [5, 5.41) is 17.8. The Balaban J connectivity index is 2.60. The Kier molecular flexibility index (Phi) is 3.49. The molecule has 100 valence electrons. The summed E-state index contributed by atoms with van der Waals surface area (Å²) in [6.45, 7) is 0.300. The number of benzene rings is 1. The fourth-order valence-electron chi connectivity index (χ4n) is 2.21. The number of nitriles is 1. The van der Waals surface area contributed by atoms with Crippen LogP contribution >= 0.6 is 0 Å². The van der Waals surface area contributed by atoms with E-state index in [1.54, 1.807) is 6.07 Å². The quantitative estimate of drug-likeness (QED) is 0.893. The van der Waals surface area contributed by atoms with Crippen LogP contribution in [0.5, 0.6) is 0 Å². The highest BCUT2D eigenvalue weighted by atomic mass is 19.1. The van der Waals surface area contributed by atoms with Crippen molar-refractivity contribution in [3.8, 4) is 6.07 Å². The molecule has 0 saturated carbocycles. The molecule has 2 rings (SSSR count). The Morgan fingerprint density at radius 1 is 1.42 bits per heavy atom. The summed E-state index contributed by atoms with van der Waals surface area (Å²) >= 11 is 0. The lowest BCUT2D eigenvalue weighted by Crippen LogP contribution is -2.31. The third-order valence-corrected chi connectivity index (χ3v) is 3.24. The summed E-state index contributed by atoms with van der Waals surface area (Å²) in [6, 6.07) is 3.83. The molecule has 1 aliphatic rings. The largest absolute Gasteiger partial charge is 0.478 e. The van der Waals surface area contributed by atoms with Crippen LogP contribution in [0.3, 0.4) is 0 Å². The van der Waals surface area contributed by atoms with Crippen molar-refractivity contribution in [1.29, 1.82) is 5.26 Å². The van der Waals surface area contributed by atoms with Crippen LogP contribution in [0, 0.1) is 17.1 Å². The molecule has 6 heteroatoms. The number of carboxylic acid groups (broad SMARTS) is 1. The maximum atomic E-state index is 14.7. The van der Waals surface area contributed by atoms with Gasteiger partial charge >= 0.3 is 5.97 Å². The maximum absolute atomic E-state index is 14.7. The molecular weight excluding hydrogens is 256 g/mol. The number of nitrogens with zero attached hydrogens (tertiary/aromatic N) is 1. The smallest absolute Gasteiger partial charge is 0.339 e. The lowest BCUT2D eigenvalue weighted by atomic mass is 9.84. The van der Waals surface area contributed by atoms with E-state index in [1.165, 1.54) is 6.07 Å². The molecule has 0 spiro atoms. The molecule has 19 heavy (non-hydrogen) atoms. The molecule has 1 aliphatic heterocycles. The second-order valence-electron chi connectivity index (χ2n) is 4.34. The summed E-state index contributed by atoms with van der Waals surface area (Å²) in [5.74, 6) is -2.76. The van der Waals surface area contributed by atoms with Crippen molar-refractivity contribution in [3.63, 3.8) is 0 Å². The monoisotopic (exact) mass is 267 g/mol. The molecule has 0 aromatic heterocycles. The van der Waals surface area contributed by atoms with Crippen molar-refractivity contribution in [1.82, 2.24) is 0 Å². The third kappa shape index (κ3) is 2.29. The van der Waals surface area contributed by atoms with E-state index in [0.29, 0.717) is 0 Å². The molecule has 0 unspecified atom stereocenters. The molecule has 0 bridgehead atoms. The zero-order chi connectivity index (χ0) is 14.0. The van der Waals surface area contributed by atoms with Gasteiger partial charge in [0.1, 0.15) is 17.3 Å². The number of alkyl halides is 1. The average molecular weight is 267 g/mol. The van der Waals surface area contributed by atoms with Crippen LogP contribution in [0.2, 0.25) is 0 Å². The van der Waals surface area contributed by atoms with E-state index >= 15 is 0 Å². The summed E-state index contributed by atoms with van der Waals surface area (Å²) in [7, 11) is 0. The van der Waals surface area contributed by atoms with Gasteiger partial charge in [-0.25, -0.2) is 13.6 Å². The summed E-state index contributed by atoms with van der Waals surface area (Å²) in [5.41, 5.74) is -3.32. The number of rotatable bonds is 2. The van der Waals surface area contributed by atoms with Crippen LogP contribution in [-0.4, -0.2) is 24.3 Å². The van der Waals surface area contributed by atoms with Crippen molar-refractivity contribution in [2.45, 2.75) is 18.5 Å². The van der Waals surface area contributed by atoms with Gasteiger partial charge in [-0.15, -0.1) is 0 Å². The van der Waals surface area contributed by atoms with Gasteiger partial charge in [0.2, 0.25) is 0 Å². The molecule has 1 N–H and O–H groups in total. The van der Waals surface area contributed by atoms with Gasteiger partial charge in [0.15, 0.2) is 5.82 Å². The molecule has 1 aromatic rings. The van der Waals surface area contributed by atoms with Crippen LogP contribution in [-0.2, 0) is 10.4 Å². The van der Waals surface area contributed by atoms with Gasteiger partial charge in [-0.05, 0) is 6.07 Å². The van der Waals surface area contributed by atoms with E-state index in [9.17, 15) is 13.6 Å². The fraction of sp³-hybridized carbons (Fsp3) is 0.385. The summed E-state index contributed by atoms with van der Waals surface area (Å²) in [6.07, 6.45) is -0.0583. The van der Waals surface area contributed by atoms with Crippen molar-refractivity contribution in [2.75, 3.05) is 13.2 Å². The van der Waals surface area contributed by atoms with Gasteiger partial charge in [0.05, 0.1) is 5.56 Å². The van der Waals surface area contributed by atoms with Crippen molar-refractivity contribution in [2.24, 2.45) is 0 Å². The number of hydrogen-bond acceptors (Lipinski definition) is 3. The van der Waals surface area contributed by atoms with E-state index < -0.39 is 28.6 Å². The average Bonchev–Trinajstić information content (AvgIpc) is 2.38. The highest BCUT2D eigenvalue weighted by Crippen LogP contribution is 2.39. The molecule has 0 atom stereocenters. The zero-order valence-electron chi connectivity index (χ0n) is 9.95. The minimum atomic E-state index is -1.93. The number of halogens is 2. The van der Waals surface area contributed by atoms with Gasteiger partial charge in [0, 0.05) is 31.6 Å². The van der Waals surface area contributed by atoms with Crippen LogP contribution in [0.25, 0.3) is 0 Å². The van der Waals surface area contributed by atoms with Gasteiger partial charge in [0.25, 0.3) is 0 Å². The fourth-order valence-corrected chi connectivity index (χ4v) is 2.21. The minimum absolute atomic E-state index is 0.0291. The predicted molar refractivity (Wildman–Crippen MR) is 60.9 cm³/mol. The summed E-state index contributed by atoms with van der Waals surface area (Å²) in [4.78, 5) is 11.1. The molecule has 0 amide bonds. The number of carbonyl (C=O) groups is 1. The molecule has 0 radical (unpaired) electrons. The van der Waals surface area contributed by atoms with Crippen LogP contribution in [0.4, 0.5) is 8.78 Å². The van der Waals surface area contributed by atoms with Crippen molar-refractivity contribution < 1.29 is 23.4 Å². The van der Waals surface area contributed by atoms with E-state index in [-0.39, 0.29) is 31.6 Å². The first-order valence-electron chi connectivity index (χ1n) is 5.72. The molecule has 1 fully saturated rings. The normalized spacial score (nSPS) is 17.7. The van der Waals surface area contributed by atoms with Gasteiger partial charge < -0.3 is 9.84 Å². The Hall–Kier alpha value is -2.00. The van der Waals surface area contributed by atoms with Gasteiger partial charge in [-0.1, -0.05) is 6.07 Å². The Morgan fingerprint density at radius 3 is 2.58 bits per heavy atom. The first kappa shape index (κ1) is 13.4. The van der Waals surface area contributed by atoms with Gasteiger partial charge in [-0.2, -0.15) is 5.26 Å². The first-order chi connectivity index (χ1) is 8.99. The lowest BCUT2D eigenvalue weighted by Gasteiger charge is -2.31. The van der Waals surface area contributed by atoms with E-state index in [4.69, 9.17) is 15.1 Å². The minimum Gasteiger partial charge on any atom is -0.478 e. The second kappa shape index (κ2) is 4.94. The van der Waals surface area contributed by atoms with Crippen molar-refractivity contribution in [3.05, 3.63) is 34.6 Å². The summed E-state index contributed by atoms with van der Waals surface area (Å²) < 4.78 is 33.7. The second-order valence-corrected chi connectivity index (χ2v) is 4.34. The molecule has 0 aliphatic carbocycles. The molecule has 1 heterocycles. The molecule has 4 nitrogen and oxygen atoms in total. The zero-order valence-corrected chi connectivity index (χ0v) is 9.95. The number of hydrogen-bond donors (Lipinski definition) is 1. The Morgan fingerprint density at radius 2 is 2.05 bits per heavy atom. The Bertz CT molecular complexity index is 560. The van der Waals surface area contributed by atoms with Crippen molar-refractivity contribution >= 4 is 5.97 Å². The number of ether oxygens (including phenoxy) is 1. The van der Waals surface area contributed by atoms with Crippen LogP contribution < -0.4 is 0 Å². The number of aromatic carboxylic acids is 1. The molecule has 1 aromatic carbocycles. The van der Waals surface area contributed by atoms with E-state index in [1.807, 2.05) is 0 Å². The molecular formula is C13H11F2NO3. The number of carboxylic acids is 1. The SMILES string of the molecule is N#Cc1ccc(C2(F)CCOCC2)c(C(=O)O)c1F. The predicted octanol–water partition coefficient (Wildman–Crippen LogP) is 2.37. The lowest BCUT2D eigenvalue weighted by molar-refractivity contribution is -0.0124. The third-order valence-electron chi connectivity index (χ3n) is 3.24. The van der Waals surface area contributed by atoms with Crippen LogP contribution in [0.1, 0.15) is 34.3 Å². The maximum Gasteiger partial charge on any atom is 0.339 e. The molecule has 1 saturated heterocycles. The highest BCUT2D eigenvalue weighted by Gasteiger charge is 2.39. The Labute approximate surface area is 108 Å². The highest BCUT2D eigenvalue weighted by molar-refractivity contribution is 5.90. The van der Waals surface area contributed by atoms with Crippen LogP contribution in [0.15, 0.2) is 12.1 Å². The van der Waals surface area contributed by atoms with E-state index in [2.05, 4.69) is 0 Å².